The van der Waals surface area contributed by atoms with Crippen LogP contribution in [0.5, 0.6) is 0 Å². The Morgan fingerprint density at radius 2 is 2.19 bits per heavy atom. The second-order valence-electron chi connectivity index (χ2n) is 3.73. The first kappa shape index (κ1) is 12.8. The van der Waals surface area contributed by atoms with Gasteiger partial charge < -0.3 is 15.3 Å². The Kier molecular flexibility index (Phi) is 4.58. The predicted molar refractivity (Wildman–Crippen MR) is 65.5 cm³/mol. The number of likely N-dealkylation sites (N-methyl/N-ethyl adjacent to an activating group) is 1. The molecule has 0 fully saturated rings. The van der Waals surface area contributed by atoms with Crippen LogP contribution in [0.1, 0.15) is 10.4 Å². The van der Waals surface area contributed by atoms with Crippen molar-refractivity contribution in [3.05, 3.63) is 28.8 Å². The summed E-state index contributed by atoms with van der Waals surface area (Å²) < 4.78 is 0. The van der Waals surface area contributed by atoms with Crippen molar-refractivity contribution in [2.24, 2.45) is 0 Å². The van der Waals surface area contributed by atoms with Crippen LogP contribution in [0, 0.1) is 0 Å². The fraction of sp³-hybridized carbons (Fsp3) is 0.364. The molecule has 0 atom stereocenters. The van der Waals surface area contributed by atoms with Gasteiger partial charge in [-0.1, -0.05) is 11.6 Å². The maximum atomic E-state index is 10.8. The van der Waals surface area contributed by atoms with Crippen LogP contribution < -0.4 is 5.32 Å². The van der Waals surface area contributed by atoms with Gasteiger partial charge in [0, 0.05) is 18.8 Å². The zero-order chi connectivity index (χ0) is 12.1. The molecule has 0 bridgehead atoms. The van der Waals surface area contributed by atoms with E-state index in [9.17, 15) is 4.79 Å². The lowest BCUT2D eigenvalue weighted by atomic mass is 10.2. The minimum Gasteiger partial charge on any atom is -0.478 e. The molecule has 0 saturated carbocycles. The molecule has 0 unspecified atom stereocenters. The fourth-order valence-electron chi connectivity index (χ4n) is 1.22. The van der Waals surface area contributed by atoms with Crippen LogP contribution in [0.4, 0.5) is 5.69 Å². The molecular formula is C11H15ClN2O2. The Labute approximate surface area is 99.8 Å². The van der Waals surface area contributed by atoms with Crippen LogP contribution in [-0.2, 0) is 0 Å². The topological polar surface area (TPSA) is 52.6 Å². The minimum absolute atomic E-state index is 0.122. The molecule has 5 heteroatoms. The summed E-state index contributed by atoms with van der Waals surface area (Å²) in [6.45, 7) is 1.64. The molecule has 0 aliphatic rings. The first-order valence-corrected chi connectivity index (χ1v) is 5.30. The Bertz CT molecular complexity index is 380. The van der Waals surface area contributed by atoms with Crippen molar-refractivity contribution in [1.82, 2.24) is 4.90 Å². The highest BCUT2D eigenvalue weighted by atomic mass is 35.5. The second kappa shape index (κ2) is 5.72. The zero-order valence-corrected chi connectivity index (χ0v) is 10.1. The van der Waals surface area contributed by atoms with Gasteiger partial charge in [-0.05, 0) is 32.3 Å². The van der Waals surface area contributed by atoms with Gasteiger partial charge in [-0.25, -0.2) is 4.79 Å². The summed E-state index contributed by atoms with van der Waals surface area (Å²) in [5.74, 6) is -1.01. The number of hydrogen-bond donors (Lipinski definition) is 2. The molecule has 1 aromatic carbocycles. The number of benzene rings is 1. The van der Waals surface area contributed by atoms with Gasteiger partial charge in [-0.15, -0.1) is 0 Å². The van der Waals surface area contributed by atoms with E-state index in [1.807, 2.05) is 19.0 Å². The summed E-state index contributed by atoms with van der Waals surface area (Å²) in [5.41, 5.74) is 0.889. The number of anilines is 1. The maximum Gasteiger partial charge on any atom is 0.337 e. The Hall–Kier alpha value is -1.26. The molecule has 88 valence electrons. The van der Waals surface area contributed by atoms with E-state index in [-0.39, 0.29) is 10.6 Å². The summed E-state index contributed by atoms with van der Waals surface area (Å²) in [6.07, 6.45) is 0. The van der Waals surface area contributed by atoms with Crippen molar-refractivity contribution < 1.29 is 9.90 Å². The van der Waals surface area contributed by atoms with E-state index in [2.05, 4.69) is 5.32 Å². The average molecular weight is 243 g/mol. The molecule has 0 heterocycles. The van der Waals surface area contributed by atoms with Gasteiger partial charge in [0.25, 0.3) is 0 Å². The van der Waals surface area contributed by atoms with Crippen LogP contribution in [0.3, 0.4) is 0 Å². The molecule has 4 nitrogen and oxygen atoms in total. The minimum atomic E-state index is -1.01. The number of carbonyl (C=O) groups is 1. The van der Waals surface area contributed by atoms with Crippen molar-refractivity contribution in [3.8, 4) is 0 Å². The predicted octanol–water partition coefficient (Wildman–Crippen LogP) is 2.01. The lowest BCUT2D eigenvalue weighted by Crippen LogP contribution is -2.20. The van der Waals surface area contributed by atoms with Gasteiger partial charge >= 0.3 is 5.97 Å². The number of nitrogens with one attached hydrogen (secondary N) is 1. The highest BCUT2D eigenvalue weighted by molar-refractivity contribution is 6.33. The standard InChI is InChI=1S/C11H15ClN2O2/c1-14(2)6-5-13-8-3-4-10(12)9(7-8)11(15)16/h3-4,7,13H,5-6H2,1-2H3,(H,15,16). The molecule has 0 saturated heterocycles. The number of halogens is 1. The summed E-state index contributed by atoms with van der Waals surface area (Å²) >= 11 is 5.76. The maximum absolute atomic E-state index is 10.8. The van der Waals surface area contributed by atoms with Gasteiger partial charge in [0.05, 0.1) is 10.6 Å². The van der Waals surface area contributed by atoms with Crippen molar-refractivity contribution in [2.45, 2.75) is 0 Å². The van der Waals surface area contributed by atoms with E-state index in [0.717, 1.165) is 18.8 Å². The van der Waals surface area contributed by atoms with Crippen molar-refractivity contribution in [2.75, 3.05) is 32.5 Å². The summed E-state index contributed by atoms with van der Waals surface area (Å²) in [4.78, 5) is 12.9. The highest BCUT2D eigenvalue weighted by Crippen LogP contribution is 2.20. The molecule has 0 spiro atoms. The number of aromatic carboxylic acids is 1. The largest absolute Gasteiger partial charge is 0.478 e. The molecule has 0 amide bonds. The molecule has 1 rings (SSSR count). The second-order valence-corrected chi connectivity index (χ2v) is 4.14. The van der Waals surface area contributed by atoms with Crippen molar-refractivity contribution >= 4 is 23.3 Å². The average Bonchev–Trinajstić information content (AvgIpc) is 2.19. The van der Waals surface area contributed by atoms with Crippen LogP contribution in [-0.4, -0.2) is 43.2 Å². The number of rotatable bonds is 5. The lowest BCUT2D eigenvalue weighted by molar-refractivity contribution is 0.0697. The van der Waals surface area contributed by atoms with E-state index < -0.39 is 5.97 Å². The van der Waals surface area contributed by atoms with Crippen LogP contribution >= 0.6 is 11.6 Å². The molecule has 0 aliphatic heterocycles. The number of carboxylic acids is 1. The number of carboxylic acid groups (broad SMARTS) is 1. The van der Waals surface area contributed by atoms with Gasteiger partial charge in [-0.3, -0.25) is 0 Å². The molecular weight excluding hydrogens is 228 g/mol. The third kappa shape index (κ3) is 3.72. The van der Waals surface area contributed by atoms with E-state index in [4.69, 9.17) is 16.7 Å². The number of nitrogens with zero attached hydrogens (tertiary/aromatic N) is 1. The van der Waals surface area contributed by atoms with Gasteiger partial charge in [0.2, 0.25) is 0 Å². The third-order valence-electron chi connectivity index (χ3n) is 2.08. The third-order valence-corrected chi connectivity index (χ3v) is 2.41. The van der Waals surface area contributed by atoms with Gasteiger partial charge in [0.15, 0.2) is 0 Å². The number of hydrogen-bond acceptors (Lipinski definition) is 3. The van der Waals surface area contributed by atoms with Crippen LogP contribution in [0.15, 0.2) is 18.2 Å². The first-order valence-electron chi connectivity index (χ1n) is 4.92. The smallest absolute Gasteiger partial charge is 0.337 e. The molecule has 16 heavy (non-hydrogen) atoms. The Balaban J connectivity index is 2.68. The van der Waals surface area contributed by atoms with Crippen LogP contribution in [0.2, 0.25) is 5.02 Å². The highest BCUT2D eigenvalue weighted by Gasteiger charge is 2.08. The zero-order valence-electron chi connectivity index (χ0n) is 9.33. The summed E-state index contributed by atoms with van der Waals surface area (Å²) in [7, 11) is 3.96. The normalized spacial score (nSPS) is 10.5. The van der Waals surface area contributed by atoms with E-state index in [0.29, 0.717) is 0 Å². The molecule has 1 aromatic rings. The Morgan fingerprint density at radius 3 is 2.75 bits per heavy atom. The van der Waals surface area contributed by atoms with Crippen LogP contribution in [0.25, 0.3) is 0 Å². The van der Waals surface area contributed by atoms with Crippen molar-refractivity contribution in [3.63, 3.8) is 0 Å². The lowest BCUT2D eigenvalue weighted by Gasteiger charge is -2.12. The van der Waals surface area contributed by atoms with Gasteiger partial charge in [0.1, 0.15) is 0 Å². The molecule has 0 aromatic heterocycles. The molecule has 0 radical (unpaired) electrons. The van der Waals surface area contributed by atoms with Crippen molar-refractivity contribution in [1.29, 1.82) is 0 Å². The van der Waals surface area contributed by atoms with E-state index >= 15 is 0 Å². The monoisotopic (exact) mass is 242 g/mol. The summed E-state index contributed by atoms with van der Waals surface area (Å²) in [5, 5.41) is 12.3. The SMILES string of the molecule is CN(C)CCNc1ccc(Cl)c(C(=O)O)c1. The van der Waals surface area contributed by atoms with E-state index in [1.54, 1.807) is 18.2 Å². The fourth-order valence-corrected chi connectivity index (χ4v) is 1.42. The summed E-state index contributed by atoms with van der Waals surface area (Å²) in [6, 6.07) is 4.90. The van der Waals surface area contributed by atoms with E-state index in [1.165, 1.54) is 0 Å². The molecule has 2 N–H and O–H groups in total. The van der Waals surface area contributed by atoms with Gasteiger partial charge in [-0.2, -0.15) is 0 Å². The molecule has 0 aliphatic carbocycles. The Morgan fingerprint density at radius 1 is 1.50 bits per heavy atom. The quantitative estimate of drug-likeness (QED) is 0.830. The first-order chi connectivity index (χ1) is 7.50.